The molecule has 4 rings (SSSR count). The topological polar surface area (TPSA) is 129 Å². The number of benzene rings is 1. The number of aliphatic hydroxyl groups excluding tert-OH is 1. The molecule has 3 N–H and O–H groups in total. The third kappa shape index (κ3) is 14.6. The second-order valence-electron chi connectivity index (χ2n) is 13.8. The molecule has 289 valence electrons. The molecule has 2 aliphatic rings. The summed E-state index contributed by atoms with van der Waals surface area (Å²) in [5.74, 6) is -2.63. The van der Waals surface area contributed by atoms with Crippen molar-refractivity contribution in [2.75, 3.05) is 27.8 Å². The van der Waals surface area contributed by atoms with E-state index in [9.17, 15) is 41.1 Å². The number of alkyl halides is 5. The van der Waals surface area contributed by atoms with Gasteiger partial charge in [-0.3, -0.25) is 9.59 Å². The SMILES string of the molecule is CC(C)(C)[C@@H](C=O)NC=O.CC1CCN(C)C1[C-]=O.CO.COc1ccc2c(C(F)(F)F)c(C(F)(F)CCCCC3CCCC3)c(=O)[nH]c2c1.[V]. The van der Waals surface area contributed by atoms with Crippen molar-refractivity contribution in [1.29, 1.82) is 0 Å². The Labute approximate surface area is 309 Å². The molecule has 1 aliphatic heterocycles. The summed E-state index contributed by atoms with van der Waals surface area (Å²) in [7, 11) is 4.29. The Bertz CT molecular complexity index is 1400. The number of nitrogens with zero attached hydrogens (tertiary/aromatic N) is 1. The summed E-state index contributed by atoms with van der Waals surface area (Å²) in [5.41, 5.74) is -4.87. The molecule has 2 fully saturated rings. The number of aromatic nitrogens is 1. The summed E-state index contributed by atoms with van der Waals surface area (Å²) < 4.78 is 75.9. The van der Waals surface area contributed by atoms with Crippen molar-refractivity contribution in [2.24, 2.45) is 17.3 Å². The number of likely N-dealkylation sites (tertiary alicyclic amines) is 1. The van der Waals surface area contributed by atoms with E-state index in [-0.39, 0.29) is 53.7 Å². The molecule has 1 aromatic carbocycles. The number of pyridine rings is 1. The van der Waals surface area contributed by atoms with Crippen molar-refractivity contribution in [3.8, 4) is 5.75 Å². The number of carbonyl (C=O) groups excluding carboxylic acids is 3. The van der Waals surface area contributed by atoms with Crippen LogP contribution in [0.2, 0.25) is 0 Å². The molecular formula is C36H53F5N3O6V-. The number of hydrogen-bond donors (Lipinski definition) is 3. The van der Waals surface area contributed by atoms with Crippen molar-refractivity contribution >= 4 is 29.9 Å². The quantitative estimate of drug-likeness (QED) is 0.0995. The predicted octanol–water partition coefficient (Wildman–Crippen LogP) is 6.79. The molecule has 1 aliphatic carbocycles. The van der Waals surface area contributed by atoms with E-state index in [4.69, 9.17) is 9.84 Å². The van der Waals surface area contributed by atoms with E-state index in [0.717, 1.165) is 64.5 Å². The van der Waals surface area contributed by atoms with Gasteiger partial charge in [0.05, 0.1) is 29.8 Å². The van der Waals surface area contributed by atoms with E-state index in [2.05, 4.69) is 22.1 Å². The number of fused-ring (bicyclic) bond motifs is 1. The van der Waals surface area contributed by atoms with Crippen LogP contribution in [0, 0.1) is 17.3 Å². The van der Waals surface area contributed by atoms with Crippen molar-refractivity contribution in [3.05, 3.63) is 39.7 Å². The molecule has 1 radical (unpaired) electrons. The first kappa shape index (κ1) is 48.2. The van der Waals surface area contributed by atoms with Gasteiger partial charge in [-0.2, -0.15) is 13.2 Å². The third-order valence-electron chi connectivity index (χ3n) is 9.09. The molecule has 1 saturated heterocycles. The zero-order valence-corrected chi connectivity index (χ0v) is 31.9. The van der Waals surface area contributed by atoms with Crippen LogP contribution < -0.4 is 15.6 Å². The van der Waals surface area contributed by atoms with Gasteiger partial charge in [0.2, 0.25) is 6.41 Å². The normalized spacial score (nSPS) is 18.5. The predicted molar refractivity (Wildman–Crippen MR) is 183 cm³/mol. The molecule has 0 spiro atoms. The first-order chi connectivity index (χ1) is 23.4. The maximum atomic E-state index is 14.8. The zero-order chi connectivity index (χ0) is 38.3. The van der Waals surface area contributed by atoms with Crippen LogP contribution in [0.25, 0.3) is 10.9 Å². The Morgan fingerprint density at radius 3 is 2.08 bits per heavy atom. The minimum Gasteiger partial charge on any atom is -0.540 e. The summed E-state index contributed by atoms with van der Waals surface area (Å²) in [4.78, 5) is 47.1. The maximum Gasteiger partial charge on any atom is 0.417 e. The molecule has 2 heterocycles. The minimum absolute atomic E-state index is 0. The smallest absolute Gasteiger partial charge is 0.417 e. The maximum absolute atomic E-state index is 14.8. The second-order valence-corrected chi connectivity index (χ2v) is 13.8. The average molecular weight is 770 g/mol. The van der Waals surface area contributed by atoms with Crippen LogP contribution in [0.1, 0.15) is 96.6 Å². The fourth-order valence-electron chi connectivity index (χ4n) is 6.16. The van der Waals surface area contributed by atoms with Gasteiger partial charge in [-0.05, 0) is 49.9 Å². The van der Waals surface area contributed by atoms with Gasteiger partial charge in [0.25, 0.3) is 11.5 Å². The Hall–Kier alpha value is -2.81. The number of methoxy groups -OCH3 is 1. The molecule has 2 aromatic rings. The van der Waals surface area contributed by atoms with Gasteiger partial charge < -0.3 is 34.6 Å². The minimum atomic E-state index is -5.09. The number of halogens is 5. The van der Waals surface area contributed by atoms with Crippen molar-refractivity contribution < 1.29 is 64.7 Å². The van der Waals surface area contributed by atoms with E-state index in [1.165, 1.54) is 19.2 Å². The van der Waals surface area contributed by atoms with E-state index in [0.29, 0.717) is 24.7 Å². The molecule has 51 heavy (non-hydrogen) atoms. The van der Waals surface area contributed by atoms with E-state index >= 15 is 0 Å². The van der Waals surface area contributed by atoms with Gasteiger partial charge in [0.1, 0.15) is 12.0 Å². The number of aldehydes is 1. The molecule has 1 amide bonds. The van der Waals surface area contributed by atoms with Crippen LogP contribution in [0.4, 0.5) is 22.0 Å². The summed E-state index contributed by atoms with van der Waals surface area (Å²) in [5, 5.41) is 8.95. The zero-order valence-electron chi connectivity index (χ0n) is 30.5. The van der Waals surface area contributed by atoms with Crippen LogP contribution in [-0.4, -0.2) is 73.9 Å². The summed E-state index contributed by atoms with van der Waals surface area (Å²) in [6.07, 6.45) is 4.44. The fraction of sp³-hybridized carbons (Fsp3) is 0.667. The largest absolute Gasteiger partial charge is 0.540 e. The molecule has 1 saturated carbocycles. The van der Waals surface area contributed by atoms with Crippen LogP contribution in [0.5, 0.6) is 5.75 Å². The number of rotatable bonds is 11. The van der Waals surface area contributed by atoms with Crippen LogP contribution in [-0.2, 0) is 45.0 Å². The Balaban J connectivity index is 0.000000932. The van der Waals surface area contributed by atoms with Crippen molar-refractivity contribution in [2.45, 2.75) is 110 Å². The number of nitrogens with one attached hydrogen (secondary N) is 2. The summed E-state index contributed by atoms with van der Waals surface area (Å²) >= 11 is 0. The van der Waals surface area contributed by atoms with E-state index in [1.54, 1.807) is 0 Å². The van der Waals surface area contributed by atoms with Crippen molar-refractivity contribution in [1.82, 2.24) is 15.2 Å². The van der Waals surface area contributed by atoms with Crippen LogP contribution in [0.15, 0.2) is 23.0 Å². The number of carbonyl (C=O) groups is 2. The molecule has 3 atom stereocenters. The van der Waals surface area contributed by atoms with Crippen molar-refractivity contribution in [3.63, 3.8) is 0 Å². The Morgan fingerprint density at radius 1 is 1.06 bits per heavy atom. The number of likely N-dealkylation sites (N-methyl/N-ethyl adjacent to an activating group) is 1. The van der Waals surface area contributed by atoms with Crippen LogP contribution >= 0.6 is 0 Å². The molecular weight excluding hydrogens is 716 g/mol. The average Bonchev–Trinajstić information content (AvgIpc) is 3.70. The van der Waals surface area contributed by atoms with Gasteiger partial charge in [-0.25, -0.2) is 15.1 Å². The molecule has 9 nitrogen and oxygen atoms in total. The van der Waals surface area contributed by atoms with Crippen LogP contribution in [0.3, 0.4) is 0 Å². The van der Waals surface area contributed by atoms with Gasteiger partial charge in [0.15, 0.2) is 0 Å². The number of aromatic amines is 1. The van der Waals surface area contributed by atoms with Gasteiger partial charge in [-0.1, -0.05) is 78.2 Å². The second kappa shape index (κ2) is 22.3. The Morgan fingerprint density at radius 2 is 1.67 bits per heavy atom. The van der Waals surface area contributed by atoms with E-state index in [1.807, 2.05) is 34.1 Å². The summed E-state index contributed by atoms with van der Waals surface area (Å²) in [6.45, 7) is 8.81. The number of unbranched alkanes of at least 4 members (excludes halogenated alkanes) is 1. The fourth-order valence-corrected chi connectivity index (χ4v) is 6.16. The van der Waals surface area contributed by atoms with Gasteiger partial charge in [0, 0.05) is 43.5 Å². The molecule has 0 bridgehead atoms. The first-order valence-corrected chi connectivity index (χ1v) is 16.8. The number of ether oxygens (including phenoxy) is 1. The standard InChI is InChI=1S/C21H24F5NO2.C7H13NO2.C7H12NO.CH4O.V/c1-29-14-9-10-15-16(12-14)27-19(28)18(17(15)21(24,25)26)20(22,23)11-5-4-8-13-6-2-3-7-13;1-7(2,3)6(4-9)8-5-10;1-6-3-4-8(2)7(6)5-9;1-2;/h9-10,12-13H,2-8,11H2,1H3,(H,27,28);4-6H,1-3H3,(H,8,10);6-7H,3-4H2,1-2H3;2H,1H3;/q;;-1;;/t;6-;;;/m.1.../s1. The number of aliphatic hydroxyl groups is 1. The molecule has 1 aromatic heterocycles. The summed E-state index contributed by atoms with van der Waals surface area (Å²) in [6, 6.07) is 3.16. The molecule has 15 heteroatoms. The molecule has 2 unspecified atom stereocenters. The number of amides is 1. The third-order valence-corrected chi connectivity index (χ3v) is 9.09. The van der Waals surface area contributed by atoms with E-state index < -0.39 is 40.6 Å². The van der Waals surface area contributed by atoms with Gasteiger partial charge in [-0.15, -0.1) is 0 Å². The van der Waals surface area contributed by atoms with Gasteiger partial charge >= 0.3 is 6.18 Å². The Kier molecular flexibility index (Phi) is 21.1. The number of hydrogen-bond acceptors (Lipinski definition) is 7. The monoisotopic (exact) mass is 769 g/mol. The first-order valence-electron chi connectivity index (χ1n) is 16.8. The number of H-pyrrole nitrogens is 1.